The van der Waals surface area contributed by atoms with Crippen molar-refractivity contribution in [1.82, 2.24) is 25.4 Å². The Hall–Kier alpha value is -2.95. The molecule has 0 saturated carbocycles. The first-order valence-corrected chi connectivity index (χ1v) is 13.6. The normalized spacial score (nSPS) is 20.1. The topological polar surface area (TPSA) is 173 Å². The van der Waals surface area contributed by atoms with Crippen LogP contribution in [0.1, 0.15) is 10.7 Å². The van der Waals surface area contributed by atoms with E-state index in [0.717, 1.165) is 20.7 Å². The fourth-order valence-electron chi connectivity index (χ4n) is 3.36. The van der Waals surface area contributed by atoms with E-state index in [4.69, 9.17) is 10.6 Å². The minimum Gasteiger partial charge on any atom is -0.477 e. The average molecular weight is 554 g/mol. The Bertz CT molecular complexity index is 1250. The lowest BCUT2D eigenvalue weighted by atomic mass is 9.94. The number of carboxylic acids is 1. The molecule has 184 valence electrons. The van der Waals surface area contributed by atoms with Gasteiger partial charge in [0.15, 0.2) is 15.2 Å². The number of thioether (sulfide) groups is 2. The van der Waals surface area contributed by atoms with Crippen LogP contribution in [0.25, 0.3) is 0 Å². The molecule has 0 spiro atoms. The quantitative estimate of drug-likeness (QED) is 0.177. The molecule has 2 atom stereocenters. The summed E-state index contributed by atoms with van der Waals surface area (Å²) in [5.41, 5.74) is 5.62. The van der Waals surface area contributed by atoms with Gasteiger partial charge in [-0.2, -0.15) is 0 Å². The second-order valence-electron chi connectivity index (χ2n) is 7.05. The summed E-state index contributed by atoms with van der Waals surface area (Å²) in [6.07, 6.45) is 3.52. The number of amides is 2. The number of hydrogen-bond acceptors (Lipinski definition) is 13. The summed E-state index contributed by atoms with van der Waals surface area (Å²) in [7, 11) is 1.28. The van der Waals surface area contributed by atoms with Gasteiger partial charge in [0.05, 0.1) is 6.04 Å². The molecule has 4 heterocycles. The molecule has 4 rings (SSSR count). The number of allylic oxidation sites excluding steroid dienone is 1. The fourth-order valence-corrected chi connectivity index (χ4v) is 6.77. The van der Waals surface area contributed by atoms with E-state index >= 15 is 0 Å². The smallest absolute Gasteiger partial charge is 0.353 e. The number of aliphatic carboxylic acids is 1. The van der Waals surface area contributed by atoms with Crippen LogP contribution in [-0.4, -0.2) is 79.4 Å². The largest absolute Gasteiger partial charge is 0.477 e. The van der Waals surface area contributed by atoms with Crippen LogP contribution in [-0.2, 0) is 19.2 Å². The zero-order chi connectivity index (χ0) is 25.1. The van der Waals surface area contributed by atoms with Gasteiger partial charge in [-0.3, -0.25) is 14.5 Å². The second-order valence-corrected chi connectivity index (χ2v) is 11.4. The molecule has 2 unspecified atom stereocenters. The number of nitrogen functional groups attached to an aromatic ring is 1. The maximum Gasteiger partial charge on any atom is 0.353 e. The molecular weight excluding hydrogens is 535 g/mol. The number of carbonyl (C=O) groups excluding carboxylic acids is 2. The van der Waals surface area contributed by atoms with E-state index in [1.807, 2.05) is 13.0 Å². The van der Waals surface area contributed by atoms with Crippen molar-refractivity contribution in [2.45, 2.75) is 23.3 Å². The Morgan fingerprint density at radius 3 is 2.89 bits per heavy atom. The van der Waals surface area contributed by atoms with Crippen LogP contribution >= 0.6 is 46.2 Å². The second kappa shape index (κ2) is 10.8. The highest BCUT2D eigenvalue weighted by Crippen LogP contribution is 2.39. The Labute approximate surface area is 215 Å². The lowest BCUT2D eigenvalue weighted by molar-refractivity contribution is -0.153. The zero-order valence-corrected chi connectivity index (χ0v) is 21.6. The number of nitrogens with one attached hydrogen (secondary N) is 1. The number of thiazole rings is 1. The van der Waals surface area contributed by atoms with Crippen LogP contribution in [0.2, 0.25) is 0 Å². The summed E-state index contributed by atoms with van der Waals surface area (Å²) in [6.45, 7) is 1.87. The standard InChI is InChI=1S/C19H19N7O5S4/c1-8-23-24-19(35-8)32-5-3-4-11-14(17(29)30)26-10(7-33-11)13(16(26)28)22-15(27)12(25-31-2)9-6-34-18(20)21-9/h3-4,6,10,13H,5,7H2,1-2H3,(H2,20,21)(H,22,27)(H,29,30)/b4-3+,25-12?. The van der Waals surface area contributed by atoms with Crippen molar-refractivity contribution >= 4 is 74.8 Å². The van der Waals surface area contributed by atoms with Gasteiger partial charge in [-0.25, -0.2) is 9.78 Å². The first-order valence-electron chi connectivity index (χ1n) is 9.96. The van der Waals surface area contributed by atoms with Crippen molar-refractivity contribution in [2.75, 3.05) is 24.3 Å². The molecule has 0 bridgehead atoms. The highest BCUT2D eigenvalue weighted by molar-refractivity contribution is 8.03. The summed E-state index contributed by atoms with van der Waals surface area (Å²) >= 11 is 5.41. The third-order valence-electron chi connectivity index (χ3n) is 4.83. The van der Waals surface area contributed by atoms with Gasteiger partial charge < -0.3 is 21.0 Å². The molecule has 2 aliphatic heterocycles. The van der Waals surface area contributed by atoms with Gasteiger partial charge in [-0.1, -0.05) is 34.3 Å². The predicted octanol–water partition coefficient (Wildman–Crippen LogP) is 1.32. The van der Waals surface area contributed by atoms with E-state index in [1.165, 1.54) is 46.9 Å². The van der Waals surface area contributed by atoms with Crippen LogP contribution in [0.3, 0.4) is 0 Å². The molecule has 1 saturated heterocycles. The van der Waals surface area contributed by atoms with E-state index in [-0.39, 0.29) is 22.2 Å². The van der Waals surface area contributed by atoms with E-state index in [1.54, 1.807) is 11.5 Å². The minimum atomic E-state index is -1.22. The van der Waals surface area contributed by atoms with Gasteiger partial charge >= 0.3 is 5.97 Å². The molecular formula is C19H19N7O5S4. The van der Waals surface area contributed by atoms with E-state index in [0.29, 0.717) is 16.4 Å². The molecule has 16 heteroatoms. The molecule has 0 aliphatic carbocycles. The summed E-state index contributed by atoms with van der Waals surface area (Å²) in [5, 5.41) is 26.8. The van der Waals surface area contributed by atoms with Gasteiger partial charge in [0.1, 0.15) is 29.6 Å². The number of oxime groups is 1. The van der Waals surface area contributed by atoms with Gasteiger partial charge in [-0.05, 0) is 13.0 Å². The highest BCUT2D eigenvalue weighted by Gasteiger charge is 2.54. The van der Waals surface area contributed by atoms with Gasteiger partial charge in [0.2, 0.25) is 0 Å². The first-order chi connectivity index (χ1) is 16.8. The minimum absolute atomic E-state index is 0.104. The van der Waals surface area contributed by atoms with Crippen molar-refractivity contribution in [3.63, 3.8) is 0 Å². The number of anilines is 1. The summed E-state index contributed by atoms with van der Waals surface area (Å²) < 4.78 is 0.823. The van der Waals surface area contributed by atoms with Gasteiger partial charge in [-0.15, -0.1) is 33.3 Å². The molecule has 1 fully saturated rings. The number of hydrogen-bond donors (Lipinski definition) is 3. The van der Waals surface area contributed by atoms with E-state index < -0.39 is 29.9 Å². The first kappa shape index (κ1) is 25.2. The van der Waals surface area contributed by atoms with Crippen LogP contribution in [0, 0.1) is 6.92 Å². The number of β-lactam (4-membered cyclic amide) rings is 1. The molecule has 12 nitrogen and oxygen atoms in total. The van der Waals surface area contributed by atoms with Crippen LogP contribution in [0.15, 0.2) is 37.6 Å². The van der Waals surface area contributed by atoms with Crippen molar-refractivity contribution in [3.05, 3.63) is 38.8 Å². The zero-order valence-electron chi connectivity index (χ0n) is 18.3. The molecule has 2 aromatic rings. The number of carbonyl (C=O) groups is 3. The predicted molar refractivity (Wildman–Crippen MR) is 134 cm³/mol. The highest BCUT2D eigenvalue weighted by atomic mass is 32.2. The third-order valence-corrected chi connectivity index (χ3v) is 8.58. The monoisotopic (exact) mass is 553 g/mol. The van der Waals surface area contributed by atoms with Gasteiger partial charge in [0, 0.05) is 21.8 Å². The van der Waals surface area contributed by atoms with Crippen molar-refractivity contribution < 1.29 is 24.3 Å². The number of fused-ring (bicyclic) bond motifs is 1. The van der Waals surface area contributed by atoms with E-state index in [9.17, 15) is 19.5 Å². The van der Waals surface area contributed by atoms with Gasteiger partial charge in [0.25, 0.3) is 11.8 Å². The number of aromatic nitrogens is 3. The van der Waals surface area contributed by atoms with Crippen molar-refractivity contribution in [3.8, 4) is 0 Å². The van der Waals surface area contributed by atoms with Crippen molar-refractivity contribution in [2.24, 2.45) is 5.16 Å². The Morgan fingerprint density at radius 2 is 2.26 bits per heavy atom. The molecule has 4 N–H and O–H groups in total. The maximum atomic E-state index is 12.9. The molecule has 0 aromatic carbocycles. The van der Waals surface area contributed by atoms with Crippen LogP contribution in [0.5, 0.6) is 0 Å². The SMILES string of the molecule is CON=C(C(=O)NC1C(=O)N2C(C(=O)O)=C(/C=C/CSc3nnc(C)s3)SCC12)c1csc(N)n1. The van der Waals surface area contributed by atoms with Crippen molar-refractivity contribution in [1.29, 1.82) is 0 Å². The molecule has 2 aromatic heterocycles. The molecule has 35 heavy (non-hydrogen) atoms. The lowest BCUT2D eigenvalue weighted by Gasteiger charge is -2.49. The molecule has 0 radical (unpaired) electrons. The number of nitrogens with two attached hydrogens (primary N) is 1. The summed E-state index contributed by atoms with van der Waals surface area (Å²) in [4.78, 5) is 48.2. The Kier molecular flexibility index (Phi) is 7.73. The van der Waals surface area contributed by atoms with Crippen LogP contribution < -0.4 is 11.1 Å². The molecule has 2 amide bonds. The Morgan fingerprint density at radius 1 is 1.46 bits per heavy atom. The lowest BCUT2D eigenvalue weighted by Crippen LogP contribution is -2.73. The number of rotatable bonds is 9. The van der Waals surface area contributed by atoms with Crippen LogP contribution in [0.4, 0.5) is 5.13 Å². The fraction of sp³-hybridized carbons (Fsp3) is 0.316. The molecule has 2 aliphatic rings. The number of carboxylic acid groups (broad SMARTS) is 1. The van der Waals surface area contributed by atoms with E-state index in [2.05, 4.69) is 25.7 Å². The number of aryl methyl sites for hydroxylation is 1. The summed E-state index contributed by atoms with van der Waals surface area (Å²) in [5.74, 6) is -1.41. The average Bonchev–Trinajstić information content (AvgIpc) is 3.45. The maximum absolute atomic E-state index is 12.9. The Balaban J connectivity index is 1.45. The summed E-state index contributed by atoms with van der Waals surface area (Å²) in [6, 6.07) is -1.41. The number of nitrogens with zero attached hydrogens (tertiary/aromatic N) is 5. The third kappa shape index (κ3) is 5.34.